The van der Waals surface area contributed by atoms with E-state index in [0.29, 0.717) is 5.41 Å². The van der Waals surface area contributed by atoms with Crippen LogP contribution in [0.15, 0.2) is 12.2 Å². The van der Waals surface area contributed by atoms with Gasteiger partial charge in [0, 0.05) is 0 Å². The van der Waals surface area contributed by atoms with Crippen LogP contribution in [0, 0.1) is 35.0 Å². The van der Waals surface area contributed by atoms with E-state index in [1.54, 1.807) is 5.57 Å². The lowest BCUT2D eigenvalue weighted by Crippen LogP contribution is -2.35. The summed E-state index contributed by atoms with van der Waals surface area (Å²) in [7, 11) is 0. The Morgan fingerprint density at radius 2 is 2.00 bits per heavy atom. The van der Waals surface area contributed by atoms with E-state index in [-0.39, 0.29) is 0 Å². The minimum Gasteiger partial charge on any atom is -0.0993 e. The van der Waals surface area contributed by atoms with Gasteiger partial charge >= 0.3 is 0 Å². The first-order valence-electron chi connectivity index (χ1n) is 6.74. The fourth-order valence-electron chi connectivity index (χ4n) is 5.29. The van der Waals surface area contributed by atoms with Gasteiger partial charge in [0.25, 0.3) is 0 Å². The maximum atomic E-state index is 4.46. The van der Waals surface area contributed by atoms with Crippen molar-refractivity contribution in [2.75, 3.05) is 0 Å². The fourth-order valence-corrected chi connectivity index (χ4v) is 5.29. The van der Waals surface area contributed by atoms with E-state index in [4.69, 9.17) is 0 Å². The number of hydrogen-bond acceptors (Lipinski definition) is 0. The van der Waals surface area contributed by atoms with Gasteiger partial charge in [-0.15, -0.1) is 0 Å². The van der Waals surface area contributed by atoms with Crippen LogP contribution < -0.4 is 0 Å². The molecular weight excluding hydrogens is 180 g/mol. The molecule has 3 rings (SSSR count). The second-order valence-corrected chi connectivity index (χ2v) is 6.79. The Bertz CT molecular complexity index is 301. The van der Waals surface area contributed by atoms with E-state index in [9.17, 15) is 0 Å². The summed E-state index contributed by atoms with van der Waals surface area (Å²) in [5.41, 5.74) is 2.30. The molecule has 3 aliphatic carbocycles. The van der Waals surface area contributed by atoms with Gasteiger partial charge in [-0.05, 0) is 60.7 Å². The number of hydrogen-bond donors (Lipinski definition) is 0. The molecule has 0 heteroatoms. The average molecular weight is 204 g/mol. The summed E-state index contributed by atoms with van der Waals surface area (Å²) in [6.07, 6.45) is 5.88. The van der Waals surface area contributed by atoms with Crippen LogP contribution in [-0.4, -0.2) is 0 Å². The van der Waals surface area contributed by atoms with Gasteiger partial charge in [-0.3, -0.25) is 0 Å². The monoisotopic (exact) mass is 204 g/mol. The van der Waals surface area contributed by atoms with Crippen molar-refractivity contribution in [1.82, 2.24) is 0 Å². The van der Waals surface area contributed by atoms with Crippen molar-refractivity contribution in [2.24, 2.45) is 35.0 Å². The summed E-state index contributed by atoms with van der Waals surface area (Å²) in [6.45, 7) is 11.8. The van der Waals surface area contributed by atoms with E-state index in [1.807, 2.05) is 0 Å². The Morgan fingerprint density at radius 3 is 2.67 bits per heavy atom. The largest absolute Gasteiger partial charge is 0.0993 e. The van der Waals surface area contributed by atoms with Crippen LogP contribution in [0.2, 0.25) is 0 Å². The summed E-state index contributed by atoms with van der Waals surface area (Å²) in [6, 6.07) is 0. The molecule has 0 amide bonds. The lowest BCUT2D eigenvalue weighted by atomic mass is 9.62. The third-order valence-electron chi connectivity index (χ3n) is 6.05. The second-order valence-electron chi connectivity index (χ2n) is 6.79. The van der Waals surface area contributed by atoms with Crippen molar-refractivity contribution >= 4 is 0 Å². The normalized spacial score (nSPS) is 52.9. The van der Waals surface area contributed by atoms with Crippen LogP contribution in [0.3, 0.4) is 0 Å². The predicted molar refractivity (Wildman–Crippen MR) is 64.5 cm³/mol. The Labute approximate surface area is 94.1 Å². The highest BCUT2D eigenvalue weighted by molar-refractivity contribution is 5.28. The third-order valence-corrected chi connectivity index (χ3v) is 6.05. The first-order chi connectivity index (χ1) is 7.05. The Hall–Kier alpha value is -0.260. The van der Waals surface area contributed by atoms with Crippen molar-refractivity contribution < 1.29 is 0 Å². The highest BCUT2D eigenvalue weighted by Gasteiger charge is 2.61. The molecule has 0 spiro atoms. The van der Waals surface area contributed by atoms with Crippen molar-refractivity contribution in [3.05, 3.63) is 12.2 Å². The first kappa shape index (κ1) is 9.93. The molecular formula is C15H24. The van der Waals surface area contributed by atoms with Crippen LogP contribution in [0.5, 0.6) is 0 Å². The number of rotatable bonds is 1. The molecule has 0 aromatic rings. The van der Waals surface area contributed by atoms with E-state index >= 15 is 0 Å². The maximum Gasteiger partial charge on any atom is -0.0138 e. The molecule has 0 aromatic heterocycles. The van der Waals surface area contributed by atoms with Gasteiger partial charge < -0.3 is 0 Å². The average Bonchev–Trinajstić information content (AvgIpc) is 2.57. The molecule has 84 valence electrons. The van der Waals surface area contributed by atoms with Crippen molar-refractivity contribution in [2.45, 2.75) is 46.5 Å². The van der Waals surface area contributed by atoms with Crippen molar-refractivity contribution in [3.63, 3.8) is 0 Å². The van der Waals surface area contributed by atoms with Crippen LogP contribution in [0.1, 0.15) is 46.5 Å². The van der Waals surface area contributed by atoms with Gasteiger partial charge in [-0.2, -0.15) is 0 Å². The van der Waals surface area contributed by atoms with Gasteiger partial charge in [0.15, 0.2) is 0 Å². The Balaban J connectivity index is 1.99. The van der Waals surface area contributed by atoms with Gasteiger partial charge in [0.2, 0.25) is 0 Å². The van der Waals surface area contributed by atoms with Crippen LogP contribution in [-0.2, 0) is 0 Å². The molecule has 3 saturated carbocycles. The minimum absolute atomic E-state index is 0.660. The van der Waals surface area contributed by atoms with E-state index < -0.39 is 0 Å². The van der Waals surface area contributed by atoms with E-state index in [2.05, 4.69) is 27.4 Å². The Kier molecular flexibility index (Phi) is 1.92. The molecule has 4 bridgehead atoms. The van der Waals surface area contributed by atoms with Gasteiger partial charge in [0.05, 0.1) is 0 Å². The number of allylic oxidation sites excluding steroid dienone is 1. The molecule has 0 N–H and O–H groups in total. The van der Waals surface area contributed by atoms with E-state index in [1.165, 1.54) is 25.7 Å². The fraction of sp³-hybridized carbons (Fsp3) is 0.867. The smallest absolute Gasteiger partial charge is 0.0138 e. The molecule has 0 heterocycles. The standard InChI is InChI=1S/C15H24/c1-9(2)11-7-8-15(4)12-5-6-13(15)14(11)10(12)3/h9,11-14H,3,5-8H2,1-2,4H3/t11-,12+,13-,14?,15-/m1/s1. The van der Waals surface area contributed by atoms with Crippen LogP contribution >= 0.6 is 0 Å². The lowest BCUT2D eigenvalue weighted by molar-refractivity contribution is 0.0739. The topological polar surface area (TPSA) is 0 Å². The van der Waals surface area contributed by atoms with Crippen LogP contribution in [0.4, 0.5) is 0 Å². The zero-order valence-electron chi connectivity index (χ0n) is 10.4. The molecule has 0 aromatic carbocycles. The highest BCUT2D eigenvalue weighted by Crippen LogP contribution is 2.70. The lowest BCUT2D eigenvalue weighted by Gasteiger charge is -2.42. The molecule has 0 aliphatic heterocycles. The summed E-state index contributed by atoms with van der Waals surface area (Å²) in [5.74, 6) is 4.58. The zero-order chi connectivity index (χ0) is 10.8. The summed E-state index contributed by atoms with van der Waals surface area (Å²) < 4.78 is 0. The molecule has 0 saturated heterocycles. The van der Waals surface area contributed by atoms with Gasteiger partial charge in [0.1, 0.15) is 0 Å². The predicted octanol–water partition coefficient (Wildman–Crippen LogP) is 4.27. The van der Waals surface area contributed by atoms with E-state index in [0.717, 1.165) is 29.6 Å². The zero-order valence-corrected chi connectivity index (χ0v) is 10.4. The quantitative estimate of drug-likeness (QED) is 0.559. The SMILES string of the molecule is C=C1C2[C@@H](C(C)C)CC[C@@]3(C)[C@@H]2CC[C@@H]13. The molecule has 1 unspecified atom stereocenters. The Morgan fingerprint density at radius 1 is 1.27 bits per heavy atom. The van der Waals surface area contributed by atoms with Gasteiger partial charge in [-0.1, -0.05) is 32.9 Å². The molecule has 15 heavy (non-hydrogen) atoms. The highest BCUT2D eigenvalue weighted by atomic mass is 14.7. The molecule has 3 aliphatic rings. The summed E-state index contributed by atoms with van der Waals surface area (Å²) in [5, 5.41) is 0. The van der Waals surface area contributed by atoms with Crippen molar-refractivity contribution in [1.29, 1.82) is 0 Å². The van der Waals surface area contributed by atoms with Crippen LogP contribution in [0.25, 0.3) is 0 Å². The molecule has 5 atom stereocenters. The molecule has 3 fully saturated rings. The first-order valence-corrected chi connectivity index (χ1v) is 6.74. The summed E-state index contributed by atoms with van der Waals surface area (Å²) >= 11 is 0. The molecule has 0 nitrogen and oxygen atoms in total. The second kappa shape index (κ2) is 2.90. The summed E-state index contributed by atoms with van der Waals surface area (Å²) in [4.78, 5) is 0. The maximum absolute atomic E-state index is 4.46. The minimum atomic E-state index is 0.660. The van der Waals surface area contributed by atoms with Gasteiger partial charge in [-0.25, -0.2) is 0 Å². The van der Waals surface area contributed by atoms with Crippen molar-refractivity contribution in [3.8, 4) is 0 Å². The third kappa shape index (κ3) is 1.04. The molecule has 0 radical (unpaired) electrons.